The number of hydrogen-bond acceptors (Lipinski definition) is 2. The summed E-state index contributed by atoms with van der Waals surface area (Å²) in [5.74, 6) is -1.43. The molecule has 2 nitrogen and oxygen atoms in total. The molecule has 4 aromatic rings. The highest BCUT2D eigenvalue weighted by atomic mass is 35.5. The minimum atomic E-state index is -4.31. The fourth-order valence-corrected chi connectivity index (χ4v) is 5.34. The molecule has 7 heteroatoms. The standard InChI is InChI=1S/C24H14Cl2F2O2S/c25-17-11-7-15(8-12-17)23-19(27)3-1-5-21(23)31(29,30)22-6-2-4-20(28)24(22)16-9-13-18(26)14-10-16/h1-14H. The Kier molecular flexibility index (Phi) is 5.84. The largest absolute Gasteiger partial charge is 0.218 e. The zero-order valence-corrected chi connectivity index (χ0v) is 18.1. The normalized spacial score (nSPS) is 11.5. The molecule has 0 fully saturated rings. The summed E-state index contributed by atoms with van der Waals surface area (Å²) in [6.45, 7) is 0. The van der Waals surface area contributed by atoms with Crippen molar-refractivity contribution in [3.8, 4) is 22.3 Å². The lowest BCUT2D eigenvalue weighted by Gasteiger charge is -2.15. The molecule has 0 aromatic heterocycles. The lowest BCUT2D eigenvalue weighted by molar-refractivity contribution is 0.589. The van der Waals surface area contributed by atoms with Crippen LogP contribution < -0.4 is 0 Å². The second-order valence-corrected chi connectivity index (χ2v) is 9.50. The van der Waals surface area contributed by atoms with Crippen LogP contribution in [0.15, 0.2) is 94.7 Å². The fraction of sp³-hybridized carbons (Fsp3) is 0. The van der Waals surface area contributed by atoms with E-state index < -0.39 is 21.5 Å². The van der Waals surface area contributed by atoms with Crippen LogP contribution in [0, 0.1) is 11.6 Å². The van der Waals surface area contributed by atoms with Gasteiger partial charge in [0.05, 0.1) is 9.79 Å². The highest BCUT2D eigenvalue weighted by molar-refractivity contribution is 7.91. The van der Waals surface area contributed by atoms with Crippen LogP contribution in [0.4, 0.5) is 8.78 Å². The maximum Gasteiger partial charge on any atom is 0.208 e. The Morgan fingerprint density at radius 1 is 0.548 bits per heavy atom. The van der Waals surface area contributed by atoms with E-state index in [1.165, 1.54) is 60.7 Å². The van der Waals surface area contributed by atoms with Crippen LogP contribution in [0.2, 0.25) is 10.0 Å². The first-order chi connectivity index (χ1) is 14.8. The van der Waals surface area contributed by atoms with Gasteiger partial charge in [-0.25, -0.2) is 17.2 Å². The molecule has 0 aliphatic rings. The second-order valence-electron chi connectivity index (χ2n) is 6.74. The van der Waals surface area contributed by atoms with Crippen molar-refractivity contribution < 1.29 is 17.2 Å². The van der Waals surface area contributed by atoms with Crippen LogP contribution in [0.5, 0.6) is 0 Å². The molecule has 4 rings (SSSR count). The van der Waals surface area contributed by atoms with E-state index >= 15 is 0 Å². The summed E-state index contributed by atoms with van der Waals surface area (Å²) < 4.78 is 57.0. The molecule has 0 aliphatic carbocycles. The van der Waals surface area contributed by atoms with Crippen LogP contribution >= 0.6 is 23.2 Å². The van der Waals surface area contributed by atoms with Gasteiger partial charge in [-0.05, 0) is 59.7 Å². The number of benzene rings is 4. The Morgan fingerprint density at radius 2 is 0.903 bits per heavy atom. The number of halogens is 4. The highest BCUT2D eigenvalue weighted by Crippen LogP contribution is 2.38. The SMILES string of the molecule is O=S(=O)(c1cccc(F)c1-c1ccc(Cl)cc1)c1cccc(F)c1-c1ccc(Cl)cc1. The summed E-state index contributed by atoms with van der Waals surface area (Å²) in [6.07, 6.45) is 0. The predicted molar refractivity (Wildman–Crippen MR) is 119 cm³/mol. The van der Waals surface area contributed by atoms with Crippen molar-refractivity contribution in [2.75, 3.05) is 0 Å². The maximum absolute atomic E-state index is 14.8. The van der Waals surface area contributed by atoms with Gasteiger partial charge in [-0.2, -0.15) is 0 Å². The Hall–Kier alpha value is -2.73. The molecule has 0 unspecified atom stereocenters. The minimum absolute atomic E-state index is 0.106. The number of sulfone groups is 1. The Bertz CT molecular complexity index is 1270. The maximum atomic E-state index is 14.8. The summed E-state index contributed by atoms with van der Waals surface area (Å²) >= 11 is 11.8. The van der Waals surface area contributed by atoms with Crippen LogP contribution in [0.25, 0.3) is 22.3 Å². The van der Waals surface area contributed by atoms with E-state index in [1.807, 2.05) is 0 Å². The molecule has 0 atom stereocenters. The quantitative estimate of drug-likeness (QED) is 0.308. The third-order valence-corrected chi connectivity index (χ3v) is 7.14. The van der Waals surface area contributed by atoms with Gasteiger partial charge in [0.1, 0.15) is 11.6 Å². The summed E-state index contributed by atoms with van der Waals surface area (Å²) in [6, 6.07) is 19.9. The van der Waals surface area contributed by atoms with Gasteiger partial charge >= 0.3 is 0 Å². The molecule has 4 aromatic carbocycles. The first-order valence-corrected chi connectivity index (χ1v) is 11.4. The fourth-order valence-electron chi connectivity index (χ4n) is 3.37. The first-order valence-electron chi connectivity index (χ1n) is 9.13. The molecule has 31 heavy (non-hydrogen) atoms. The lowest BCUT2D eigenvalue weighted by Crippen LogP contribution is -2.08. The monoisotopic (exact) mass is 474 g/mol. The van der Waals surface area contributed by atoms with Gasteiger partial charge in [-0.1, -0.05) is 59.6 Å². The van der Waals surface area contributed by atoms with Gasteiger partial charge in [0.2, 0.25) is 9.84 Å². The van der Waals surface area contributed by atoms with Crippen molar-refractivity contribution in [2.45, 2.75) is 9.79 Å². The smallest absolute Gasteiger partial charge is 0.208 e. The van der Waals surface area contributed by atoms with Crippen molar-refractivity contribution in [1.82, 2.24) is 0 Å². The third-order valence-electron chi connectivity index (χ3n) is 4.80. The van der Waals surface area contributed by atoms with E-state index in [9.17, 15) is 17.2 Å². The van der Waals surface area contributed by atoms with Crippen LogP contribution in [0.3, 0.4) is 0 Å². The topological polar surface area (TPSA) is 34.1 Å². The molecule has 0 saturated heterocycles. The first kappa shape index (κ1) is 21.5. The van der Waals surface area contributed by atoms with E-state index in [-0.39, 0.29) is 20.9 Å². The molecule has 156 valence electrons. The van der Waals surface area contributed by atoms with Gasteiger partial charge in [-0.15, -0.1) is 0 Å². The van der Waals surface area contributed by atoms with Crippen molar-refractivity contribution in [1.29, 1.82) is 0 Å². The Labute approximate surface area is 188 Å². The number of rotatable bonds is 4. The Balaban J connectivity index is 1.98. The van der Waals surface area contributed by atoms with Crippen molar-refractivity contribution in [2.24, 2.45) is 0 Å². The van der Waals surface area contributed by atoms with E-state index in [2.05, 4.69) is 0 Å². The van der Waals surface area contributed by atoms with Crippen molar-refractivity contribution >= 4 is 33.0 Å². The predicted octanol–water partition coefficient (Wildman–Crippen LogP) is 7.44. The minimum Gasteiger partial charge on any atom is -0.218 e. The summed E-state index contributed by atoms with van der Waals surface area (Å²) in [7, 11) is -4.31. The second kappa shape index (κ2) is 8.42. The average Bonchev–Trinajstić information content (AvgIpc) is 2.75. The van der Waals surface area contributed by atoms with Crippen LogP contribution in [-0.4, -0.2) is 8.42 Å². The molecule has 0 aliphatic heterocycles. The van der Waals surface area contributed by atoms with E-state index in [0.717, 1.165) is 0 Å². The molecule has 0 radical (unpaired) electrons. The van der Waals surface area contributed by atoms with Gasteiger partial charge in [-0.3, -0.25) is 0 Å². The van der Waals surface area contributed by atoms with Crippen molar-refractivity contribution in [3.05, 3.63) is 107 Å². The van der Waals surface area contributed by atoms with E-state index in [4.69, 9.17) is 23.2 Å². The molecular formula is C24H14Cl2F2O2S. The summed E-state index contributed by atoms with van der Waals surface area (Å²) in [5.41, 5.74) is 0.465. The highest BCUT2D eigenvalue weighted by Gasteiger charge is 2.28. The number of hydrogen-bond donors (Lipinski definition) is 0. The molecule has 0 bridgehead atoms. The van der Waals surface area contributed by atoms with Gasteiger partial charge in [0, 0.05) is 21.2 Å². The molecule has 0 spiro atoms. The molecular weight excluding hydrogens is 461 g/mol. The van der Waals surface area contributed by atoms with E-state index in [1.54, 1.807) is 24.3 Å². The molecule has 0 saturated carbocycles. The van der Waals surface area contributed by atoms with E-state index in [0.29, 0.717) is 21.2 Å². The molecule has 0 amide bonds. The Morgan fingerprint density at radius 3 is 1.26 bits per heavy atom. The van der Waals surface area contributed by atoms with Gasteiger partial charge < -0.3 is 0 Å². The zero-order chi connectivity index (χ0) is 22.2. The van der Waals surface area contributed by atoms with Crippen LogP contribution in [0.1, 0.15) is 0 Å². The molecule has 0 N–H and O–H groups in total. The third kappa shape index (κ3) is 4.09. The zero-order valence-electron chi connectivity index (χ0n) is 15.8. The molecule has 0 heterocycles. The summed E-state index contributed by atoms with van der Waals surface area (Å²) in [4.78, 5) is -0.536. The van der Waals surface area contributed by atoms with Crippen molar-refractivity contribution in [3.63, 3.8) is 0 Å². The van der Waals surface area contributed by atoms with Crippen LogP contribution in [-0.2, 0) is 9.84 Å². The van der Waals surface area contributed by atoms with Gasteiger partial charge in [0.25, 0.3) is 0 Å². The lowest BCUT2D eigenvalue weighted by atomic mass is 10.1. The summed E-state index contributed by atoms with van der Waals surface area (Å²) in [5, 5.41) is 0.860. The van der Waals surface area contributed by atoms with Gasteiger partial charge in [0.15, 0.2) is 0 Å². The average molecular weight is 475 g/mol.